The van der Waals surface area contributed by atoms with Gasteiger partial charge in [-0.3, -0.25) is 14.9 Å². The first-order chi connectivity index (χ1) is 26.3. The maximum absolute atomic E-state index is 13.7. The third-order valence-electron chi connectivity index (χ3n) is 8.40. The zero-order valence-corrected chi connectivity index (χ0v) is 33.6. The predicted molar refractivity (Wildman–Crippen MR) is 209 cm³/mol. The Hall–Kier alpha value is -5.55. The van der Waals surface area contributed by atoms with Gasteiger partial charge in [-0.2, -0.15) is 0 Å². The average molecular weight is 792 g/mol. The lowest BCUT2D eigenvalue weighted by atomic mass is 9.98. The molecule has 0 radical (unpaired) electrons. The summed E-state index contributed by atoms with van der Waals surface area (Å²) in [4.78, 5) is 73.8. The highest BCUT2D eigenvalue weighted by Gasteiger charge is 2.42. The molecule has 17 heteroatoms. The first-order valence-electron chi connectivity index (χ1n) is 18.2. The summed E-state index contributed by atoms with van der Waals surface area (Å²) in [5, 5.41) is 19.4. The number of nitrogens with one attached hydrogen (secondary N) is 5. The molecule has 3 aromatic rings. The van der Waals surface area contributed by atoms with Gasteiger partial charge in [-0.15, -0.1) is 11.3 Å². The molecule has 0 saturated carbocycles. The van der Waals surface area contributed by atoms with Gasteiger partial charge in [0.05, 0.1) is 6.04 Å². The van der Waals surface area contributed by atoms with Crippen LogP contribution in [0.3, 0.4) is 0 Å². The summed E-state index contributed by atoms with van der Waals surface area (Å²) in [6.07, 6.45) is -1.30. The molecule has 2 heterocycles. The van der Waals surface area contributed by atoms with E-state index in [0.29, 0.717) is 6.54 Å². The molecule has 1 saturated heterocycles. The number of oxime groups is 1. The van der Waals surface area contributed by atoms with Gasteiger partial charge in [0.1, 0.15) is 29.5 Å². The number of benzene rings is 2. The minimum absolute atomic E-state index is 0.00673. The lowest BCUT2D eigenvalue weighted by Gasteiger charge is -2.37. The van der Waals surface area contributed by atoms with Gasteiger partial charge < -0.3 is 40.3 Å². The molecule has 2 aliphatic rings. The fraction of sp³-hybridized carbons (Fsp3) is 0.462. The highest BCUT2D eigenvalue weighted by molar-refractivity contribution is 7.14. The molecule has 300 valence electrons. The van der Waals surface area contributed by atoms with E-state index in [2.05, 4.69) is 61.0 Å². The van der Waals surface area contributed by atoms with Gasteiger partial charge in [-0.25, -0.2) is 19.4 Å². The number of alkyl carbamates (subject to hydrolysis) is 1. The Balaban J connectivity index is 1.14. The Morgan fingerprint density at radius 1 is 0.857 bits per heavy atom. The fourth-order valence-corrected chi connectivity index (χ4v) is 6.46. The molecule has 5 rings (SSSR count). The Morgan fingerprint density at radius 2 is 1.48 bits per heavy atom. The lowest BCUT2D eigenvalue weighted by molar-refractivity contribution is -0.179. The molecule has 1 aliphatic heterocycles. The molecule has 1 fully saturated rings. The fourth-order valence-electron chi connectivity index (χ4n) is 5.78. The van der Waals surface area contributed by atoms with Crippen LogP contribution >= 0.6 is 11.3 Å². The van der Waals surface area contributed by atoms with E-state index >= 15 is 0 Å². The highest BCUT2D eigenvalue weighted by Crippen LogP contribution is 2.44. The molecule has 4 amide bonds. The van der Waals surface area contributed by atoms with Crippen molar-refractivity contribution < 1.29 is 43.0 Å². The number of carbonyl (C=O) groups is 5. The smallest absolute Gasteiger partial charge is 0.413 e. The zero-order chi connectivity index (χ0) is 40.8. The van der Waals surface area contributed by atoms with Crippen molar-refractivity contribution in [1.29, 1.82) is 0 Å². The van der Waals surface area contributed by atoms with Crippen molar-refractivity contribution in [3.05, 3.63) is 70.7 Å². The molecular formula is C39H49N7O9S. The molecule has 0 bridgehead atoms. The summed E-state index contributed by atoms with van der Waals surface area (Å²) >= 11 is 0.999. The van der Waals surface area contributed by atoms with E-state index in [1.165, 1.54) is 19.2 Å². The SMILES string of the molecule is CC(C)(C)OC(=O)Nc1nc(/C(=N\OC(C)(C)C(=O)OC(C)(C)C)C(=O)N[C@@H]2C(=O)N[C@@H]2CNCCNC(=O)OCC2c3ccccc3-c3ccccc32)cs1. The second kappa shape index (κ2) is 17.1. The second-order valence-electron chi connectivity index (χ2n) is 15.7. The quantitative estimate of drug-likeness (QED) is 0.0385. The Labute approximate surface area is 329 Å². The van der Waals surface area contributed by atoms with E-state index in [4.69, 9.17) is 19.0 Å². The van der Waals surface area contributed by atoms with Gasteiger partial charge in [-0.1, -0.05) is 53.7 Å². The number of nitrogens with zero attached hydrogens (tertiary/aromatic N) is 2. The van der Waals surface area contributed by atoms with Crippen molar-refractivity contribution in [2.45, 2.75) is 90.2 Å². The summed E-state index contributed by atoms with van der Waals surface area (Å²) in [6.45, 7) is 14.2. The third kappa shape index (κ3) is 10.8. The minimum Gasteiger partial charge on any atom is -0.457 e. The Bertz CT molecular complexity index is 1940. The number of β-lactam (4-membered cyclic amide) rings is 1. The number of esters is 1. The minimum atomic E-state index is -1.61. The van der Waals surface area contributed by atoms with Crippen LogP contribution in [0, 0.1) is 0 Å². The van der Waals surface area contributed by atoms with Gasteiger partial charge in [0.25, 0.3) is 5.91 Å². The molecule has 2 atom stereocenters. The standard InChI is InChI=1S/C39H49N7O9S/c1-37(2,3)53-33(49)39(7,8)55-46-30(28-21-56-34(43-28)45-36(51)54-38(4,5)6)32(48)44-29-27(42-31(29)47)19-40-17-18-41-35(50)52-20-26-24-15-11-9-13-22(24)23-14-10-12-16-25(23)26/h9-16,21,26-27,29,40H,17-20H2,1-8H3,(H,41,50)(H,42,47)(H,44,48)(H,43,45,51)/b46-30+/t27-,29+/m1/s1. The van der Waals surface area contributed by atoms with Crippen molar-refractivity contribution in [3.8, 4) is 11.1 Å². The van der Waals surface area contributed by atoms with Crippen LogP contribution < -0.4 is 26.6 Å². The predicted octanol–water partition coefficient (Wildman–Crippen LogP) is 4.44. The summed E-state index contributed by atoms with van der Waals surface area (Å²) in [5.41, 5.74) is 0.997. The largest absolute Gasteiger partial charge is 0.457 e. The number of hydrogen-bond donors (Lipinski definition) is 5. The molecule has 1 aliphatic carbocycles. The van der Waals surface area contributed by atoms with Crippen molar-refractivity contribution in [2.24, 2.45) is 5.16 Å². The van der Waals surface area contributed by atoms with E-state index in [9.17, 15) is 24.0 Å². The van der Waals surface area contributed by atoms with Crippen molar-refractivity contribution in [1.82, 2.24) is 26.3 Å². The third-order valence-corrected chi connectivity index (χ3v) is 9.16. The van der Waals surface area contributed by atoms with E-state index in [0.717, 1.165) is 33.6 Å². The van der Waals surface area contributed by atoms with Crippen LogP contribution in [0.4, 0.5) is 14.7 Å². The number of thiazole rings is 1. The molecule has 16 nitrogen and oxygen atoms in total. The summed E-state index contributed by atoms with van der Waals surface area (Å²) in [6, 6.07) is 14.7. The number of amides is 4. The molecule has 5 N–H and O–H groups in total. The van der Waals surface area contributed by atoms with E-state index in [-0.39, 0.29) is 42.2 Å². The van der Waals surface area contributed by atoms with Gasteiger partial charge >= 0.3 is 18.2 Å². The molecule has 56 heavy (non-hydrogen) atoms. The van der Waals surface area contributed by atoms with Crippen LogP contribution in [0.5, 0.6) is 0 Å². The van der Waals surface area contributed by atoms with Gasteiger partial charge in [0, 0.05) is 30.9 Å². The molecule has 2 aromatic carbocycles. The first-order valence-corrected chi connectivity index (χ1v) is 19.1. The number of anilines is 1. The Morgan fingerprint density at radius 3 is 2.09 bits per heavy atom. The molecule has 0 spiro atoms. The van der Waals surface area contributed by atoms with Crippen molar-refractivity contribution in [2.75, 3.05) is 31.6 Å². The normalized spacial score (nSPS) is 16.7. The van der Waals surface area contributed by atoms with Gasteiger partial charge in [-0.05, 0) is 77.6 Å². The van der Waals surface area contributed by atoms with E-state index in [1.54, 1.807) is 41.5 Å². The average Bonchev–Trinajstić information content (AvgIpc) is 3.69. The Kier molecular flexibility index (Phi) is 12.7. The van der Waals surface area contributed by atoms with Crippen LogP contribution in [-0.2, 0) is 33.4 Å². The number of aromatic nitrogens is 1. The second-order valence-corrected chi connectivity index (χ2v) is 16.6. The summed E-state index contributed by atoms with van der Waals surface area (Å²) in [7, 11) is 0. The van der Waals surface area contributed by atoms with E-state index in [1.807, 2.05) is 24.3 Å². The van der Waals surface area contributed by atoms with Gasteiger partial charge in [0.2, 0.25) is 11.5 Å². The van der Waals surface area contributed by atoms with Crippen LogP contribution in [0.2, 0.25) is 0 Å². The first kappa shape index (κ1) is 41.6. The maximum Gasteiger partial charge on any atom is 0.413 e. The lowest BCUT2D eigenvalue weighted by Crippen LogP contribution is -2.72. The van der Waals surface area contributed by atoms with E-state index < -0.39 is 58.9 Å². The molecular weight excluding hydrogens is 743 g/mol. The maximum atomic E-state index is 13.7. The topological polar surface area (TPSA) is 208 Å². The summed E-state index contributed by atoms with van der Waals surface area (Å²) < 4.78 is 16.3. The van der Waals surface area contributed by atoms with Crippen LogP contribution in [-0.4, -0.2) is 95.8 Å². The van der Waals surface area contributed by atoms with Crippen molar-refractivity contribution in [3.63, 3.8) is 0 Å². The number of fused-ring (bicyclic) bond motifs is 3. The van der Waals surface area contributed by atoms with Crippen LogP contribution in [0.25, 0.3) is 11.1 Å². The van der Waals surface area contributed by atoms with Gasteiger partial charge in [0.15, 0.2) is 10.8 Å². The molecule has 1 aromatic heterocycles. The van der Waals surface area contributed by atoms with Crippen molar-refractivity contribution >= 4 is 52.2 Å². The number of ether oxygens (including phenoxy) is 3. The number of carbonyl (C=O) groups excluding carboxylic acids is 5. The summed E-state index contributed by atoms with van der Waals surface area (Å²) in [5.74, 6) is -2.03. The molecule has 0 unspecified atom stereocenters. The number of rotatable bonds is 14. The van der Waals surface area contributed by atoms with Crippen LogP contribution in [0.1, 0.15) is 78.1 Å². The zero-order valence-electron chi connectivity index (χ0n) is 32.7. The monoisotopic (exact) mass is 791 g/mol. The highest BCUT2D eigenvalue weighted by atomic mass is 32.1. The number of hydrogen-bond acceptors (Lipinski definition) is 13. The van der Waals surface area contributed by atoms with Crippen LogP contribution in [0.15, 0.2) is 59.1 Å².